The van der Waals surface area contributed by atoms with E-state index in [0.717, 1.165) is 42.6 Å². The summed E-state index contributed by atoms with van der Waals surface area (Å²) >= 11 is 1.59. The fraction of sp³-hybridized carbons (Fsp3) is 0.633. The Labute approximate surface area is 249 Å². The van der Waals surface area contributed by atoms with Crippen molar-refractivity contribution in [2.45, 2.75) is 95.5 Å². The number of nitrogens with two attached hydrogens (primary N) is 1. The lowest BCUT2D eigenvalue weighted by Crippen LogP contribution is -2.40. The van der Waals surface area contributed by atoms with Crippen molar-refractivity contribution >= 4 is 17.9 Å². The number of nitriles is 1. The molecule has 0 aromatic carbocycles. The molecule has 3 heterocycles. The van der Waals surface area contributed by atoms with Crippen LogP contribution in [-0.4, -0.2) is 61.9 Å². The third kappa shape index (κ3) is 5.87. The van der Waals surface area contributed by atoms with Crippen molar-refractivity contribution in [1.82, 2.24) is 20.0 Å². The number of aliphatic hydroxyl groups excluding tert-OH is 1. The number of carbonyl (C=O) groups is 1. The first-order valence-electron chi connectivity index (χ1n) is 14.8. The molecule has 0 saturated heterocycles. The van der Waals surface area contributed by atoms with Gasteiger partial charge < -0.3 is 30.0 Å². The van der Waals surface area contributed by atoms with E-state index in [2.05, 4.69) is 23.1 Å². The number of nitrogens with zero attached hydrogens (tertiary/aromatic N) is 4. The van der Waals surface area contributed by atoms with Gasteiger partial charge in [0.05, 0.1) is 29.7 Å². The molecule has 4 atom stereocenters. The molecule has 0 radical (unpaired) electrons. The van der Waals surface area contributed by atoms with E-state index < -0.39 is 11.7 Å². The number of aromatic nitrogens is 3. The molecule has 42 heavy (non-hydrogen) atoms. The summed E-state index contributed by atoms with van der Waals surface area (Å²) < 4.78 is 11.6. The highest BCUT2D eigenvalue weighted by molar-refractivity contribution is 8.03. The van der Waals surface area contributed by atoms with Gasteiger partial charge in [0.25, 0.3) is 5.56 Å². The number of aliphatic hydroxyl groups is 1. The van der Waals surface area contributed by atoms with Gasteiger partial charge in [0.15, 0.2) is 11.5 Å². The number of amides is 1. The molecule has 5 rings (SSSR count). The zero-order valence-electron chi connectivity index (χ0n) is 24.7. The number of nitrogens with one attached hydrogen (secondary N) is 1. The highest BCUT2D eigenvalue weighted by atomic mass is 32.2. The van der Waals surface area contributed by atoms with E-state index in [9.17, 15) is 20.0 Å². The molecule has 0 spiro atoms. The molecular formula is C30H40N6O5S. The molecule has 2 aromatic heterocycles. The number of hydrogen-bond acceptors (Lipinski definition) is 10. The lowest BCUT2D eigenvalue weighted by Gasteiger charge is -2.28. The van der Waals surface area contributed by atoms with Crippen LogP contribution in [0.5, 0.6) is 0 Å². The number of ether oxygens (including phenoxy) is 1. The molecule has 2 aliphatic carbocycles. The van der Waals surface area contributed by atoms with Crippen molar-refractivity contribution in [3.63, 3.8) is 0 Å². The van der Waals surface area contributed by atoms with Crippen LogP contribution in [0.25, 0.3) is 11.5 Å². The number of thioether (sulfide) groups is 1. The van der Waals surface area contributed by atoms with Gasteiger partial charge in [-0.05, 0) is 69.8 Å². The second-order valence-corrected chi connectivity index (χ2v) is 13.6. The Balaban J connectivity index is 1.49. The summed E-state index contributed by atoms with van der Waals surface area (Å²) in [4.78, 5) is 36.7. The van der Waals surface area contributed by atoms with Crippen LogP contribution in [-0.2, 0) is 17.6 Å². The van der Waals surface area contributed by atoms with Gasteiger partial charge in [0.1, 0.15) is 11.4 Å². The molecule has 3 aliphatic rings. The molecule has 0 bridgehead atoms. The van der Waals surface area contributed by atoms with Gasteiger partial charge >= 0.3 is 6.09 Å². The first kappa shape index (κ1) is 30.3. The molecule has 11 nitrogen and oxygen atoms in total. The smallest absolute Gasteiger partial charge is 0.410 e. The topological polar surface area (TPSA) is 171 Å². The van der Waals surface area contributed by atoms with Crippen LogP contribution in [0.2, 0.25) is 0 Å². The Kier molecular flexibility index (Phi) is 8.83. The monoisotopic (exact) mass is 596 g/mol. The fourth-order valence-corrected chi connectivity index (χ4v) is 7.73. The van der Waals surface area contributed by atoms with E-state index >= 15 is 0 Å². The van der Waals surface area contributed by atoms with E-state index in [1.807, 2.05) is 0 Å². The normalized spacial score (nSPS) is 23.5. The van der Waals surface area contributed by atoms with Gasteiger partial charge in [-0.15, -0.1) is 11.8 Å². The summed E-state index contributed by atoms with van der Waals surface area (Å²) in [5, 5.41) is 23.7. The van der Waals surface area contributed by atoms with Gasteiger partial charge in [-0.2, -0.15) is 5.26 Å². The maximum Gasteiger partial charge on any atom is 0.410 e. The molecule has 12 heteroatoms. The summed E-state index contributed by atoms with van der Waals surface area (Å²) in [7, 11) is 0. The molecule has 0 fully saturated rings. The summed E-state index contributed by atoms with van der Waals surface area (Å²) in [6, 6.07) is 2.41. The first-order chi connectivity index (χ1) is 20.1. The highest BCUT2D eigenvalue weighted by Crippen LogP contribution is 2.53. The molecule has 2 aromatic rings. The average Bonchev–Trinajstić information content (AvgIpc) is 3.62. The number of rotatable bonds is 8. The van der Waals surface area contributed by atoms with E-state index in [4.69, 9.17) is 20.0 Å². The van der Waals surface area contributed by atoms with Crippen LogP contribution in [0, 0.1) is 17.2 Å². The van der Waals surface area contributed by atoms with Crippen molar-refractivity contribution in [3.8, 4) is 17.6 Å². The molecular weight excluding hydrogens is 556 g/mol. The van der Waals surface area contributed by atoms with Crippen LogP contribution in [0.1, 0.15) is 94.2 Å². The minimum absolute atomic E-state index is 0.0861. The van der Waals surface area contributed by atoms with Gasteiger partial charge in [-0.3, -0.25) is 4.79 Å². The highest BCUT2D eigenvalue weighted by Gasteiger charge is 2.42. The van der Waals surface area contributed by atoms with Crippen molar-refractivity contribution in [2.75, 3.05) is 19.7 Å². The third-order valence-electron chi connectivity index (χ3n) is 8.17. The lowest BCUT2D eigenvalue weighted by molar-refractivity contribution is 0.0206. The van der Waals surface area contributed by atoms with E-state index in [0.29, 0.717) is 42.0 Å². The quantitative estimate of drug-likeness (QED) is 0.398. The zero-order chi connectivity index (χ0) is 30.2. The number of aromatic amines is 1. The Bertz CT molecular complexity index is 1470. The molecule has 4 N–H and O–H groups in total. The average molecular weight is 597 g/mol. The standard InChI is InChI=1S/C30H40N6O5S/c1-5-7-18-24(35-41-25(18)17-8-6-9-21-22(17)20(14-31)26(32)42-21)27-33-23-16(10-11-19(23)28(38)34-27)15-36(12-13-37)29(39)40-30(2,3)4/h16-17,20,26,37H,5-13,15,32H2,1-4H3,(H,33,34,38)/t16-,17+,20?,26?/m1/s1. The molecule has 0 saturated carbocycles. The first-order valence-corrected chi connectivity index (χ1v) is 15.7. The predicted molar refractivity (Wildman–Crippen MR) is 159 cm³/mol. The van der Waals surface area contributed by atoms with Gasteiger partial charge in [-0.25, -0.2) is 9.78 Å². The Morgan fingerprint density at radius 1 is 1.33 bits per heavy atom. The molecule has 1 aliphatic heterocycles. The predicted octanol–water partition coefficient (Wildman–Crippen LogP) is 4.33. The Morgan fingerprint density at radius 2 is 2.12 bits per heavy atom. The van der Waals surface area contributed by atoms with Crippen LogP contribution >= 0.6 is 11.8 Å². The second kappa shape index (κ2) is 12.2. The maximum absolute atomic E-state index is 13.3. The number of hydrogen-bond donors (Lipinski definition) is 3. The Hall–Kier alpha value is -3.14. The van der Waals surface area contributed by atoms with E-state index in [1.54, 1.807) is 32.5 Å². The maximum atomic E-state index is 13.3. The van der Waals surface area contributed by atoms with Crippen LogP contribution in [0.3, 0.4) is 0 Å². The fourth-order valence-electron chi connectivity index (χ4n) is 6.39. The van der Waals surface area contributed by atoms with Gasteiger partial charge in [-0.1, -0.05) is 18.5 Å². The minimum atomic E-state index is -0.675. The molecule has 1 amide bonds. The van der Waals surface area contributed by atoms with Crippen molar-refractivity contribution in [2.24, 2.45) is 11.7 Å². The zero-order valence-corrected chi connectivity index (χ0v) is 25.6. The van der Waals surface area contributed by atoms with E-state index in [1.165, 1.54) is 9.81 Å². The van der Waals surface area contributed by atoms with Crippen LogP contribution < -0.4 is 11.3 Å². The summed E-state index contributed by atoms with van der Waals surface area (Å²) in [6.45, 7) is 7.66. The van der Waals surface area contributed by atoms with Crippen molar-refractivity contribution in [3.05, 3.63) is 43.4 Å². The summed E-state index contributed by atoms with van der Waals surface area (Å²) in [6.07, 6.45) is 4.93. The van der Waals surface area contributed by atoms with E-state index in [-0.39, 0.29) is 48.4 Å². The number of H-pyrrole nitrogens is 1. The van der Waals surface area contributed by atoms with Crippen molar-refractivity contribution in [1.29, 1.82) is 5.26 Å². The van der Waals surface area contributed by atoms with Crippen molar-refractivity contribution < 1.29 is 19.2 Å². The van der Waals surface area contributed by atoms with Crippen LogP contribution in [0.15, 0.2) is 19.8 Å². The second-order valence-electron chi connectivity index (χ2n) is 12.3. The lowest BCUT2D eigenvalue weighted by atomic mass is 9.78. The molecule has 2 unspecified atom stereocenters. The largest absolute Gasteiger partial charge is 0.444 e. The summed E-state index contributed by atoms with van der Waals surface area (Å²) in [5.74, 6) is 0.420. The van der Waals surface area contributed by atoms with Crippen LogP contribution in [0.4, 0.5) is 4.79 Å². The number of carbonyl (C=O) groups excluding carboxylic acids is 1. The third-order valence-corrected chi connectivity index (χ3v) is 9.44. The Morgan fingerprint density at radius 3 is 2.81 bits per heavy atom. The number of allylic oxidation sites excluding steroid dienone is 1. The minimum Gasteiger partial charge on any atom is -0.444 e. The summed E-state index contributed by atoms with van der Waals surface area (Å²) in [5.41, 5.74) is 9.13. The molecule has 226 valence electrons. The van der Waals surface area contributed by atoms with Gasteiger partial charge in [0.2, 0.25) is 0 Å². The SMILES string of the molecule is CCCc1c(-c2nc3c(c(=O)[nH]2)CC[C@@H]3CN(CCO)C(=O)OC(C)(C)C)noc1[C@H]1CCCC2=C1C(C#N)C(N)S2. The van der Waals surface area contributed by atoms with Gasteiger partial charge in [0, 0.05) is 36.1 Å². The number of fused-ring (bicyclic) bond motifs is 1.